The molecule has 1 aromatic heterocycles. The van der Waals surface area contributed by atoms with Gasteiger partial charge in [0.25, 0.3) is 5.91 Å². The van der Waals surface area contributed by atoms with Crippen LogP contribution in [0.15, 0.2) is 42.6 Å². The maximum Gasteiger partial charge on any atom is 0.261 e. The van der Waals surface area contributed by atoms with Gasteiger partial charge >= 0.3 is 0 Å². The Kier molecular flexibility index (Phi) is 3.64. The second kappa shape index (κ2) is 5.60. The average molecular weight is 288 g/mol. The Morgan fingerprint density at radius 3 is 2.90 bits per heavy atom. The molecule has 3 rings (SSSR count). The molecular weight excluding hydrogens is 271 g/mol. The quantitative estimate of drug-likeness (QED) is 0.870. The molecule has 1 aliphatic heterocycles. The number of rotatable bonds is 3. The molecule has 0 radical (unpaired) electrons. The number of hydrogen-bond donors (Lipinski definition) is 0. The van der Waals surface area contributed by atoms with E-state index in [2.05, 4.69) is 4.57 Å². The van der Waals surface area contributed by atoms with E-state index < -0.39 is 5.82 Å². The van der Waals surface area contributed by atoms with Crippen molar-refractivity contribution in [2.75, 3.05) is 13.2 Å². The van der Waals surface area contributed by atoms with Crippen LogP contribution in [0.25, 0.3) is 0 Å². The first-order chi connectivity index (χ1) is 10.2. The summed E-state index contributed by atoms with van der Waals surface area (Å²) in [7, 11) is 0. The second-order valence-electron chi connectivity index (χ2n) is 5.11. The van der Waals surface area contributed by atoms with Crippen molar-refractivity contribution >= 4 is 5.91 Å². The average Bonchev–Trinajstić information content (AvgIpc) is 2.96. The molecule has 1 aromatic carbocycles. The van der Waals surface area contributed by atoms with E-state index in [-0.39, 0.29) is 24.3 Å². The summed E-state index contributed by atoms with van der Waals surface area (Å²) in [5, 5.41) is 0. The maximum atomic E-state index is 13.5. The van der Waals surface area contributed by atoms with E-state index in [0.29, 0.717) is 6.54 Å². The van der Waals surface area contributed by atoms with Gasteiger partial charge in [-0.2, -0.15) is 0 Å². The van der Waals surface area contributed by atoms with Gasteiger partial charge in [-0.05, 0) is 31.2 Å². The molecule has 1 atom stereocenters. The first-order valence-corrected chi connectivity index (χ1v) is 6.98. The lowest BCUT2D eigenvalue weighted by Gasteiger charge is -2.34. The molecule has 0 saturated carbocycles. The largest absolute Gasteiger partial charge is 0.481 e. The van der Waals surface area contributed by atoms with Gasteiger partial charge in [0.1, 0.15) is 0 Å². The minimum Gasteiger partial charge on any atom is -0.481 e. The van der Waals surface area contributed by atoms with E-state index in [9.17, 15) is 9.18 Å². The van der Waals surface area contributed by atoms with Gasteiger partial charge in [-0.15, -0.1) is 0 Å². The summed E-state index contributed by atoms with van der Waals surface area (Å²) in [6.07, 6.45) is 2.02. The van der Waals surface area contributed by atoms with E-state index in [1.165, 1.54) is 12.1 Å². The maximum absolute atomic E-state index is 13.5. The summed E-state index contributed by atoms with van der Waals surface area (Å²) in [5.41, 5.74) is 1.11. The van der Waals surface area contributed by atoms with Gasteiger partial charge in [0.2, 0.25) is 0 Å². The monoisotopic (exact) mass is 288 g/mol. The van der Waals surface area contributed by atoms with Crippen LogP contribution in [0.1, 0.15) is 18.7 Å². The number of carbonyl (C=O) groups excluding carboxylic acids is 1. The summed E-state index contributed by atoms with van der Waals surface area (Å²) in [5.74, 6) is -0.469. The van der Waals surface area contributed by atoms with Crippen LogP contribution in [0, 0.1) is 5.82 Å². The SMILES string of the molecule is CC1c2cccn2CCN1C(=O)COc1ccccc1F. The summed E-state index contributed by atoms with van der Waals surface area (Å²) in [4.78, 5) is 14.1. The minimum absolute atomic E-state index is 0.00507. The topological polar surface area (TPSA) is 34.5 Å². The van der Waals surface area contributed by atoms with Gasteiger partial charge in [-0.1, -0.05) is 12.1 Å². The molecule has 2 heterocycles. The number of halogens is 1. The third-order valence-electron chi connectivity index (χ3n) is 3.85. The Bertz CT molecular complexity index is 653. The number of nitrogens with zero attached hydrogens (tertiary/aromatic N) is 2. The number of fused-ring (bicyclic) bond motifs is 1. The molecule has 0 bridgehead atoms. The highest BCUT2D eigenvalue weighted by Gasteiger charge is 2.27. The summed E-state index contributed by atoms with van der Waals surface area (Å²) in [6.45, 7) is 3.26. The van der Waals surface area contributed by atoms with Crippen molar-refractivity contribution in [3.05, 3.63) is 54.1 Å². The van der Waals surface area contributed by atoms with Crippen LogP contribution < -0.4 is 4.74 Å². The molecule has 21 heavy (non-hydrogen) atoms. The van der Waals surface area contributed by atoms with Crippen LogP contribution >= 0.6 is 0 Å². The highest BCUT2D eigenvalue weighted by molar-refractivity contribution is 5.78. The van der Waals surface area contributed by atoms with Crippen LogP contribution in [0.5, 0.6) is 5.75 Å². The smallest absolute Gasteiger partial charge is 0.261 e. The predicted octanol–water partition coefficient (Wildman–Crippen LogP) is 2.61. The lowest BCUT2D eigenvalue weighted by Crippen LogP contribution is -2.42. The van der Waals surface area contributed by atoms with Gasteiger partial charge in [0, 0.05) is 25.0 Å². The van der Waals surface area contributed by atoms with Gasteiger partial charge in [-0.3, -0.25) is 4.79 Å². The molecule has 2 aromatic rings. The molecular formula is C16H17FN2O2. The number of aromatic nitrogens is 1. The number of benzene rings is 1. The highest BCUT2D eigenvalue weighted by atomic mass is 19.1. The van der Waals surface area contributed by atoms with Gasteiger partial charge in [0.05, 0.1) is 6.04 Å². The lowest BCUT2D eigenvalue weighted by atomic mass is 10.1. The van der Waals surface area contributed by atoms with Crippen LogP contribution in [-0.4, -0.2) is 28.5 Å². The molecule has 0 spiro atoms. The van der Waals surface area contributed by atoms with E-state index in [1.807, 2.05) is 25.3 Å². The summed E-state index contributed by atoms with van der Waals surface area (Å²) < 4.78 is 20.9. The van der Waals surface area contributed by atoms with E-state index in [1.54, 1.807) is 17.0 Å². The zero-order chi connectivity index (χ0) is 14.8. The summed E-state index contributed by atoms with van der Waals surface area (Å²) >= 11 is 0. The first-order valence-electron chi connectivity index (χ1n) is 6.98. The third-order valence-corrected chi connectivity index (χ3v) is 3.85. The molecule has 1 amide bonds. The number of ether oxygens (including phenoxy) is 1. The van der Waals surface area contributed by atoms with Crippen molar-refractivity contribution in [3.8, 4) is 5.75 Å². The minimum atomic E-state index is -0.453. The predicted molar refractivity (Wildman–Crippen MR) is 76.5 cm³/mol. The number of carbonyl (C=O) groups is 1. The Hall–Kier alpha value is -2.30. The van der Waals surface area contributed by atoms with Crippen molar-refractivity contribution in [1.82, 2.24) is 9.47 Å². The first kappa shape index (κ1) is 13.7. The Balaban J connectivity index is 1.65. The van der Waals surface area contributed by atoms with Crippen molar-refractivity contribution < 1.29 is 13.9 Å². The highest BCUT2D eigenvalue weighted by Crippen LogP contribution is 2.25. The summed E-state index contributed by atoms with van der Waals surface area (Å²) in [6, 6.07) is 10.1. The standard InChI is InChI=1S/C16H17FN2O2/c1-12-14-6-4-8-18(14)9-10-19(12)16(20)11-21-15-7-3-2-5-13(15)17/h2-8,12H,9-11H2,1H3. The normalized spacial score (nSPS) is 17.4. The number of para-hydroxylation sites is 1. The van der Waals surface area contributed by atoms with Crippen LogP contribution in [0.2, 0.25) is 0 Å². The molecule has 5 heteroatoms. The number of hydrogen-bond acceptors (Lipinski definition) is 2. The van der Waals surface area contributed by atoms with E-state index in [4.69, 9.17) is 4.74 Å². The lowest BCUT2D eigenvalue weighted by molar-refractivity contribution is -0.136. The van der Waals surface area contributed by atoms with Crippen molar-refractivity contribution in [3.63, 3.8) is 0 Å². The molecule has 0 fully saturated rings. The molecule has 110 valence electrons. The molecule has 0 aliphatic carbocycles. The van der Waals surface area contributed by atoms with Gasteiger partial charge in [0.15, 0.2) is 18.2 Å². The van der Waals surface area contributed by atoms with E-state index in [0.717, 1.165) is 12.2 Å². The second-order valence-corrected chi connectivity index (χ2v) is 5.11. The third kappa shape index (κ3) is 2.63. The number of amides is 1. The Labute approximate surface area is 122 Å². The van der Waals surface area contributed by atoms with Crippen molar-refractivity contribution in [1.29, 1.82) is 0 Å². The van der Waals surface area contributed by atoms with Gasteiger partial charge < -0.3 is 14.2 Å². The molecule has 1 aliphatic rings. The molecule has 1 unspecified atom stereocenters. The fourth-order valence-electron chi connectivity index (χ4n) is 2.70. The molecule has 4 nitrogen and oxygen atoms in total. The zero-order valence-electron chi connectivity index (χ0n) is 11.8. The van der Waals surface area contributed by atoms with Crippen LogP contribution in [0.3, 0.4) is 0 Å². The Morgan fingerprint density at radius 1 is 1.29 bits per heavy atom. The Morgan fingerprint density at radius 2 is 2.10 bits per heavy atom. The molecule has 0 saturated heterocycles. The molecule has 0 N–H and O–H groups in total. The zero-order valence-corrected chi connectivity index (χ0v) is 11.8. The van der Waals surface area contributed by atoms with Crippen molar-refractivity contribution in [2.45, 2.75) is 19.5 Å². The van der Waals surface area contributed by atoms with Crippen LogP contribution in [0.4, 0.5) is 4.39 Å². The van der Waals surface area contributed by atoms with Gasteiger partial charge in [-0.25, -0.2) is 4.39 Å². The van der Waals surface area contributed by atoms with Crippen molar-refractivity contribution in [2.24, 2.45) is 0 Å². The fraction of sp³-hybridized carbons (Fsp3) is 0.312. The fourth-order valence-corrected chi connectivity index (χ4v) is 2.70. The van der Waals surface area contributed by atoms with Crippen LogP contribution in [-0.2, 0) is 11.3 Å². The van der Waals surface area contributed by atoms with E-state index >= 15 is 0 Å².